The molecule has 1 aliphatic heterocycles. The third-order valence-corrected chi connectivity index (χ3v) is 3.61. The van der Waals surface area contributed by atoms with Gasteiger partial charge in [0.05, 0.1) is 24.0 Å². The van der Waals surface area contributed by atoms with Gasteiger partial charge in [-0.1, -0.05) is 12.1 Å². The van der Waals surface area contributed by atoms with Crippen LogP contribution in [0.4, 0.5) is 14.9 Å². The molecule has 0 radical (unpaired) electrons. The van der Waals surface area contributed by atoms with E-state index in [0.717, 1.165) is 18.4 Å². The summed E-state index contributed by atoms with van der Waals surface area (Å²) in [6, 6.07) is 5.42. The molecule has 2 atom stereocenters. The summed E-state index contributed by atoms with van der Waals surface area (Å²) in [6.45, 7) is 0.674. The summed E-state index contributed by atoms with van der Waals surface area (Å²) in [7, 11) is 0. The lowest BCUT2D eigenvalue weighted by atomic mass is 9.99. The molecule has 0 spiro atoms. The largest absolute Gasteiger partial charge is 0.376 e. The van der Waals surface area contributed by atoms with Gasteiger partial charge in [0.1, 0.15) is 5.82 Å². The molecule has 22 heavy (non-hydrogen) atoms. The van der Waals surface area contributed by atoms with Gasteiger partial charge < -0.3 is 15.4 Å². The molecule has 1 saturated heterocycles. The van der Waals surface area contributed by atoms with Crippen LogP contribution in [-0.4, -0.2) is 28.9 Å². The molecule has 0 bridgehead atoms. The summed E-state index contributed by atoms with van der Waals surface area (Å²) in [5, 5.41) is 12.0. The van der Waals surface area contributed by atoms with Crippen molar-refractivity contribution in [2.75, 3.05) is 11.9 Å². The lowest BCUT2D eigenvalue weighted by Gasteiger charge is -2.24. The topological polar surface area (TPSA) is 79.0 Å². The minimum atomic E-state index is -0.355. The van der Waals surface area contributed by atoms with Crippen molar-refractivity contribution in [3.05, 3.63) is 48.0 Å². The molecule has 0 unspecified atom stereocenters. The van der Waals surface area contributed by atoms with E-state index in [-0.39, 0.29) is 24.0 Å². The second-order valence-electron chi connectivity index (χ2n) is 5.17. The van der Waals surface area contributed by atoms with Crippen molar-refractivity contribution < 1.29 is 13.9 Å². The second kappa shape index (κ2) is 6.57. The monoisotopic (exact) mass is 304 g/mol. The quantitative estimate of drug-likeness (QED) is 0.812. The van der Waals surface area contributed by atoms with Crippen LogP contribution in [0.2, 0.25) is 0 Å². The first-order valence-corrected chi connectivity index (χ1v) is 7.16. The van der Waals surface area contributed by atoms with Crippen LogP contribution in [0.1, 0.15) is 24.4 Å². The highest BCUT2D eigenvalue weighted by Crippen LogP contribution is 2.27. The van der Waals surface area contributed by atoms with Gasteiger partial charge in [-0.05, 0) is 30.5 Å². The first-order chi connectivity index (χ1) is 10.7. The van der Waals surface area contributed by atoms with Crippen molar-refractivity contribution in [1.29, 1.82) is 0 Å². The number of H-pyrrole nitrogens is 1. The summed E-state index contributed by atoms with van der Waals surface area (Å²) < 4.78 is 18.8. The van der Waals surface area contributed by atoms with E-state index in [4.69, 9.17) is 4.74 Å². The first kappa shape index (κ1) is 14.5. The van der Waals surface area contributed by atoms with Crippen LogP contribution < -0.4 is 10.6 Å². The molecule has 1 aliphatic rings. The Morgan fingerprint density at radius 1 is 1.41 bits per heavy atom. The van der Waals surface area contributed by atoms with Gasteiger partial charge in [-0.3, -0.25) is 5.10 Å². The van der Waals surface area contributed by atoms with Gasteiger partial charge in [0, 0.05) is 12.8 Å². The van der Waals surface area contributed by atoms with Crippen LogP contribution in [0.3, 0.4) is 0 Å². The van der Waals surface area contributed by atoms with E-state index < -0.39 is 0 Å². The maximum absolute atomic E-state index is 13.1. The zero-order valence-corrected chi connectivity index (χ0v) is 11.9. The maximum atomic E-state index is 13.1. The molecule has 2 amide bonds. The van der Waals surface area contributed by atoms with Crippen LogP contribution >= 0.6 is 0 Å². The number of rotatable bonds is 4. The molecule has 1 aromatic heterocycles. The summed E-state index contributed by atoms with van der Waals surface area (Å²) in [5.41, 5.74) is 1.39. The third kappa shape index (κ3) is 3.43. The van der Waals surface area contributed by atoms with Crippen molar-refractivity contribution in [2.24, 2.45) is 0 Å². The average molecular weight is 304 g/mol. The van der Waals surface area contributed by atoms with Crippen molar-refractivity contribution in [1.82, 2.24) is 15.5 Å². The maximum Gasteiger partial charge on any atom is 0.319 e. The van der Waals surface area contributed by atoms with E-state index in [1.54, 1.807) is 18.3 Å². The number of ether oxygens (including phenoxy) is 1. The van der Waals surface area contributed by atoms with Crippen molar-refractivity contribution in [2.45, 2.75) is 25.0 Å². The zero-order valence-electron chi connectivity index (χ0n) is 11.9. The van der Waals surface area contributed by atoms with Crippen molar-refractivity contribution in [3.63, 3.8) is 0 Å². The van der Waals surface area contributed by atoms with Gasteiger partial charge in [-0.25, -0.2) is 9.18 Å². The molecular formula is C15H17FN4O2. The zero-order chi connectivity index (χ0) is 15.4. The Hall–Kier alpha value is -2.41. The van der Waals surface area contributed by atoms with E-state index in [1.165, 1.54) is 18.3 Å². The number of amides is 2. The Bertz CT molecular complexity index is 609. The number of anilines is 1. The number of aromatic amines is 1. The Kier molecular flexibility index (Phi) is 4.34. The van der Waals surface area contributed by atoms with E-state index >= 15 is 0 Å². The molecule has 2 aromatic rings. The van der Waals surface area contributed by atoms with Gasteiger partial charge in [-0.15, -0.1) is 0 Å². The number of nitrogens with one attached hydrogen (secondary N) is 3. The minimum absolute atomic E-state index is 0.111. The molecule has 3 N–H and O–H groups in total. The first-order valence-electron chi connectivity index (χ1n) is 7.16. The molecule has 0 aliphatic carbocycles. The number of urea groups is 1. The molecule has 2 heterocycles. The molecule has 6 nitrogen and oxygen atoms in total. The van der Waals surface area contributed by atoms with Crippen LogP contribution in [0.25, 0.3) is 0 Å². The molecule has 116 valence electrons. The number of hydrogen-bond acceptors (Lipinski definition) is 3. The Morgan fingerprint density at radius 2 is 2.23 bits per heavy atom. The molecule has 7 heteroatoms. The summed E-state index contributed by atoms with van der Waals surface area (Å²) in [5.74, 6) is -0.308. The van der Waals surface area contributed by atoms with Crippen LogP contribution in [0.5, 0.6) is 0 Å². The van der Waals surface area contributed by atoms with E-state index in [1.807, 2.05) is 0 Å². The van der Waals surface area contributed by atoms with E-state index in [0.29, 0.717) is 12.3 Å². The summed E-state index contributed by atoms with van der Waals surface area (Å²) in [6.07, 6.45) is 4.79. The highest BCUT2D eigenvalue weighted by Gasteiger charge is 2.28. The number of hydrogen-bond donors (Lipinski definition) is 3. The fourth-order valence-corrected chi connectivity index (χ4v) is 2.55. The van der Waals surface area contributed by atoms with E-state index in [9.17, 15) is 9.18 Å². The standard InChI is InChI=1S/C15H17FN4O2/c16-11-5-3-10(4-6-11)14(13-2-1-7-22-13)20-15(21)19-12-8-17-18-9-12/h3-6,8-9,13-14H,1-2,7H2,(H,17,18)(H2,19,20,21)/t13-,14-/m0/s1. The smallest absolute Gasteiger partial charge is 0.319 e. The SMILES string of the molecule is O=C(Nc1cn[nH]c1)N[C@@H](c1ccc(F)cc1)[C@@H]1CCCO1. The van der Waals surface area contributed by atoms with Gasteiger partial charge in [0.15, 0.2) is 0 Å². The average Bonchev–Trinajstić information content (AvgIpc) is 3.19. The number of halogens is 1. The van der Waals surface area contributed by atoms with E-state index in [2.05, 4.69) is 20.8 Å². The molecule has 3 rings (SSSR count). The normalized spacial score (nSPS) is 18.9. The van der Waals surface area contributed by atoms with Crippen LogP contribution in [0, 0.1) is 5.82 Å². The fourth-order valence-electron chi connectivity index (χ4n) is 2.55. The van der Waals surface area contributed by atoms with Gasteiger partial charge in [0.2, 0.25) is 0 Å². The highest BCUT2D eigenvalue weighted by molar-refractivity contribution is 5.89. The Morgan fingerprint density at radius 3 is 2.86 bits per heavy atom. The number of aromatic nitrogens is 2. The molecule has 1 aromatic carbocycles. The summed E-state index contributed by atoms with van der Waals surface area (Å²) >= 11 is 0. The molecular weight excluding hydrogens is 287 g/mol. The Labute approximate surface area is 127 Å². The third-order valence-electron chi connectivity index (χ3n) is 3.61. The van der Waals surface area contributed by atoms with Gasteiger partial charge in [-0.2, -0.15) is 5.10 Å². The number of carbonyl (C=O) groups is 1. The minimum Gasteiger partial charge on any atom is -0.376 e. The summed E-state index contributed by atoms with van der Waals surface area (Å²) in [4.78, 5) is 12.1. The van der Waals surface area contributed by atoms with Crippen molar-refractivity contribution in [3.8, 4) is 0 Å². The van der Waals surface area contributed by atoms with Crippen LogP contribution in [-0.2, 0) is 4.74 Å². The van der Waals surface area contributed by atoms with Gasteiger partial charge >= 0.3 is 6.03 Å². The Balaban J connectivity index is 1.73. The van der Waals surface area contributed by atoms with Gasteiger partial charge in [0.25, 0.3) is 0 Å². The number of benzene rings is 1. The van der Waals surface area contributed by atoms with Crippen LogP contribution in [0.15, 0.2) is 36.7 Å². The molecule has 1 fully saturated rings. The lowest BCUT2D eigenvalue weighted by Crippen LogP contribution is -2.38. The predicted molar refractivity (Wildman–Crippen MR) is 78.9 cm³/mol. The number of carbonyl (C=O) groups excluding carboxylic acids is 1. The highest BCUT2D eigenvalue weighted by atomic mass is 19.1. The van der Waals surface area contributed by atoms with Crippen molar-refractivity contribution >= 4 is 11.7 Å². The lowest BCUT2D eigenvalue weighted by molar-refractivity contribution is 0.0815. The predicted octanol–water partition coefficient (Wildman–Crippen LogP) is 2.59. The second-order valence-corrected chi connectivity index (χ2v) is 5.17. The fraction of sp³-hybridized carbons (Fsp3) is 0.333. The number of nitrogens with zero attached hydrogens (tertiary/aromatic N) is 1. The molecule has 0 saturated carbocycles.